The molecule has 70 valence electrons. The van der Waals surface area contributed by atoms with E-state index in [0.29, 0.717) is 12.1 Å². The van der Waals surface area contributed by atoms with Crippen molar-refractivity contribution in [3.8, 4) is 0 Å². The highest BCUT2D eigenvalue weighted by atomic mass is 16.5. The average Bonchev–Trinajstić information content (AvgIpc) is 2.03. The molecule has 0 heterocycles. The zero-order valence-corrected chi connectivity index (χ0v) is 8.02. The van der Waals surface area contributed by atoms with Crippen molar-refractivity contribution in [3.63, 3.8) is 0 Å². The second kappa shape index (κ2) is 5.77. The molecular weight excluding hydrogens is 154 g/mol. The lowest BCUT2D eigenvalue weighted by atomic mass is 10.2. The van der Waals surface area contributed by atoms with Gasteiger partial charge in [0.1, 0.15) is 0 Å². The zero-order chi connectivity index (χ0) is 9.56. The van der Waals surface area contributed by atoms with E-state index in [1.54, 1.807) is 14.0 Å². The van der Waals surface area contributed by atoms with Gasteiger partial charge in [-0.05, 0) is 20.3 Å². The maximum absolute atomic E-state index is 11.0. The van der Waals surface area contributed by atoms with Crippen LogP contribution >= 0.6 is 0 Å². The van der Waals surface area contributed by atoms with Crippen LogP contribution < -0.4 is 5.32 Å². The highest BCUT2D eigenvalue weighted by molar-refractivity contribution is 5.91. The molecule has 1 amide bonds. The van der Waals surface area contributed by atoms with Crippen molar-refractivity contribution >= 4 is 5.91 Å². The van der Waals surface area contributed by atoms with Gasteiger partial charge in [0.2, 0.25) is 5.91 Å². The summed E-state index contributed by atoms with van der Waals surface area (Å²) in [6.45, 7) is 7.82. The van der Waals surface area contributed by atoms with Crippen molar-refractivity contribution in [2.75, 3.05) is 13.7 Å². The van der Waals surface area contributed by atoms with Crippen LogP contribution in [0.25, 0.3) is 0 Å². The second-order valence-electron chi connectivity index (χ2n) is 2.87. The van der Waals surface area contributed by atoms with Crippen LogP contribution in [0.3, 0.4) is 0 Å². The molecule has 0 aromatic heterocycles. The van der Waals surface area contributed by atoms with Crippen LogP contribution in [0.2, 0.25) is 0 Å². The summed E-state index contributed by atoms with van der Waals surface area (Å²) in [5.41, 5.74) is 0.542. The first kappa shape index (κ1) is 11.2. The van der Waals surface area contributed by atoms with E-state index >= 15 is 0 Å². The SMILES string of the molecule is C=C(C)C(=O)NCCC(C)OC. The highest BCUT2D eigenvalue weighted by Gasteiger charge is 2.02. The summed E-state index contributed by atoms with van der Waals surface area (Å²) in [4.78, 5) is 11.0. The van der Waals surface area contributed by atoms with Crippen molar-refractivity contribution in [1.82, 2.24) is 5.32 Å². The number of ether oxygens (including phenoxy) is 1. The van der Waals surface area contributed by atoms with Crippen LogP contribution in [0.4, 0.5) is 0 Å². The summed E-state index contributed by atoms with van der Waals surface area (Å²) in [7, 11) is 1.66. The normalized spacial score (nSPS) is 12.2. The lowest BCUT2D eigenvalue weighted by Crippen LogP contribution is -2.27. The molecule has 0 aromatic rings. The van der Waals surface area contributed by atoms with Gasteiger partial charge in [0.15, 0.2) is 0 Å². The highest BCUT2D eigenvalue weighted by Crippen LogP contribution is 1.93. The zero-order valence-electron chi connectivity index (χ0n) is 8.02. The van der Waals surface area contributed by atoms with Gasteiger partial charge in [-0.15, -0.1) is 0 Å². The van der Waals surface area contributed by atoms with Crippen molar-refractivity contribution in [1.29, 1.82) is 0 Å². The van der Waals surface area contributed by atoms with E-state index in [-0.39, 0.29) is 12.0 Å². The van der Waals surface area contributed by atoms with Gasteiger partial charge in [-0.3, -0.25) is 4.79 Å². The van der Waals surface area contributed by atoms with Gasteiger partial charge in [0.05, 0.1) is 6.10 Å². The number of carbonyl (C=O) groups is 1. The first-order valence-electron chi connectivity index (χ1n) is 4.04. The summed E-state index contributed by atoms with van der Waals surface area (Å²) >= 11 is 0. The Balaban J connectivity index is 3.44. The Labute approximate surface area is 73.8 Å². The van der Waals surface area contributed by atoms with Gasteiger partial charge in [-0.25, -0.2) is 0 Å². The van der Waals surface area contributed by atoms with Gasteiger partial charge in [-0.1, -0.05) is 6.58 Å². The molecule has 1 unspecified atom stereocenters. The van der Waals surface area contributed by atoms with Gasteiger partial charge < -0.3 is 10.1 Å². The first-order chi connectivity index (χ1) is 5.57. The third-order valence-corrected chi connectivity index (χ3v) is 1.63. The van der Waals surface area contributed by atoms with E-state index in [1.807, 2.05) is 6.92 Å². The molecule has 0 bridgehead atoms. The number of hydrogen-bond donors (Lipinski definition) is 1. The third-order valence-electron chi connectivity index (χ3n) is 1.63. The molecule has 12 heavy (non-hydrogen) atoms. The van der Waals surface area contributed by atoms with Gasteiger partial charge in [0.25, 0.3) is 0 Å². The van der Waals surface area contributed by atoms with Gasteiger partial charge in [0, 0.05) is 19.2 Å². The average molecular weight is 171 g/mol. The van der Waals surface area contributed by atoms with Gasteiger partial charge in [-0.2, -0.15) is 0 Å². The number of hydrogen-bond acceptors (Lipinski definition) is 2. The van der Waals surface area contributed by atoms with Crippen LogP contribution in [-0.2, 0) is 9.53 Å². The number of methoxy groups -OCH3 is 1. The van der Waals surface area contributed by atoms with E-state index in [0.717, 1.165) is 6.42 Å². The Hall–Kier alpha value is -0.830. The van der Waals surface area contributed by atoms with Crippen LogP contribution in [0.1, 0.15) is 20.3 Å². The summed E-state index contributed by atoms with van der Waals surface area (Å²) < 4.78 is 5.02. The summed E-state index contributed by atoms with van der Waals surface area (Å²) in [5, 5.41) is 2.73. The van der Waals surface area contributed by atoms with Crippen molar-refractivity contribution < 1.29 is 9.53 Å². The predicted octanol–water partition coefficient (Wildman–Crippen LogP) is 1.10. The van der Waals surface area contributed by atoms with Crippen LogP contribution in [0.5, 0.6) is 0 Å². The van der Waals surface area contributed by atoms with Crippen LogP contribution in [-0.4, -0.2) is 25.7 Å². The number of amides is 1. The van der Waals surface area contributed by atoms with Crippen molar-refractivity contribution in [3.05, 3.63) is 12.2 Å². The number of rotatable bonds is 5. The number of carbonyl (C=O) groups excluding carboxylic acids is 1. The summed E-state index contributed by atoms with van der Waals surface area (Å²) in [6, 6.07) is 0. The smallest absolute Gasteiger partial charge is 0.246 e. The molecule has 0 rings (SSSR count). The summed E-state index contributed by atoms with van der Waals surface area (Å²) in [6.07, 6.45) is 1.02. The Morgan fingerprint density at radius 1 is 1.67 bits per heavy atom. The topological polar surface area (TPSA) is 38.3 Å². The lowest BCUT2D eigenvalue weighted by Gasteiger charge is -2.09. The summed E-state index contributed by atoms with van der Waals surface area (Å²) in [5.74, 6) is -0.0849. The minimum absolute atomic E-state index is 0.0849. The molecule has 0 aromatic carbocycles. The minimum Gasteiger partial charge on any atom is -0.382 e. The van der Waals surface area contributed by atoms with Crippen LogP contribution in [0, 0.1) is 0 Å². The fourth-order valence-electron chi connectivity index (χ4n) is 0.658. The van der Waals surface area contributed by atoms with Crippen molar-refractivity contribution in [2.45, 2.75) is 26.4 Å². The van der Waals surface area contributed by atoms with Crippen LogP contribution in [0.15, 0.2) is 12.2 Å². The molecule has 0 aliphatic carbocycles. The molecule has 1 atom stereocenters. The van der Waals surface area contributed by atoms with Crippen molar-refractivity contribution in [2.24, 2.45) is 0 Å². The van der Waals surface area contributed by atoms with E-state index in [4.69, 9.17) is 4.74 Å². The monoisotopic (exact) mass is 171 g/mol. The molecule has 0 spiro atoms. The predicted molar refractivity (Wildman–Crippen MR) is 48.9 cm³/mol. The first-order valence-corrected chi connectivity index (χ1v) is 4.04. The Kier molecular flexibility index (Phi) is 5.37. The Morgan fingerprint density at radius 3 is 2.67 bits per heavy atom. The molecule has 3 heteroatoms. The molecular formula is C9H17NO2. The molecule has 0 saturated heterocycles. The van der Waals surface area contributed by atoms with E-state index in [1.165, 1.54) is 0 Å². The second-order valence-corrected chi connectivity index (χ2v) is 2.87. The number of nitrogens with one attached hydrogen (secondary N) is 1. The van der Waals surface area contributed by atoms with E-state index < -0.39 is 0 Å². The fraction of sp³-hybridized carbons (Fsp3) is 0.667. The van der Waals surface area contributed by atoms with E-state index in [2.05, 4.69) is 11.9 Å². The molecule has 0 fully saturated rings. The quantitative estimate of drug-likeness (QED) is 0.629. The fourth-order valence-corrected chi connectivity index (χ4v) is 0.658. The maximum Gasteiger partial charge on any atom is 0.246 e. The molecule has 0 aliphatic rings. The van der Waals surface area contributed by atoms with Gasteiger partial charge >= 0.3 is 0 Å². The molecule has 1 N–H and O–H groups in total. The molecule has 3 nitrogen and oxygen atoms in total. The largest absolute Gasteiger partial charge is 0.382 e. The molecule has 0 aliphatic heterocycles. The minimum atomic E-state index is -0.0849. The lowest BCUT2D eigenvalue weighted by molar-refractivity contribution is -0.117. The molecule has 0 radical (unpaired) electrons. The third kappa shape index (κ3) is 4.91. The molecule has 0 saturated carbocycles. The maximum atomic E-state index is 11.0. The Bertz CT molecular complexity index is 166. The van der Waals surface area contributed by atoms with E-state index in [9.17, 15) is 4.79 Å². The standard InChI is InChI=1S/C9H17NO2/c1-7(2)9(11)10-6-5-8(3)12-4/h8H,1,5-6H2,2-4H3,(H,10,11). The Morgan fingerprint density at radius 2 is 2.25 bits per heavy atom.